The number of hydrogen-bond donors (Lipinski definition) is 1. The number of carbonyl (C=O) groups excluding carboxylic acids is 1. The smallest absolute Gasteiger partial charge is 0.338 e. The number of rotatable bonds is 3. The maximum atomic E-state index is 13.1. The van der Waals surface area contributed by atoms with Crippen LogP contribution in [0.1, 0.15) is 15.9 Å². The van der Waals surface area contributed by atoms with Crippen LogP contribution in [0.25, 0.3) is 0 Å². The highest BCUT2D eigenvalue weighted by molar-refractivity contribution is 5.88. The molecule has 0 aliphatic heterocycles. The molecule has 0 radical (unpaired) electrons. The van der Waals surface area contributed by atoms with Crippen LogP contribution in [0.3, 0.4) is 0 Å². The molecule has 0 heterocycles. The molecule has 1 N–H and O–H groups in total. The van der Waals surface area contributed by atoms with E-state index in [-0.39, 0.29) is 12.1 Å². The second-order valence-corrected chi connectivity index (χ2v) is 2.64. The van der Waals surface area contributed by atoms with Gasteiger partial charge in [0.05, 0.1) is 12.1 Å². The summed E-state index contributed by atoms with van der Waals surface area (Å²) in [7, 11) is 0. The number of carboxylic acid groups (broad SMARTS) is 1. The average Bonchev–Trinajstić information content (AvgIpc) is 2.18. The van der Waals surface area contributed by atoms with Gasteiger partial charge in [-0.3, -0.25) is 0 Å². The van der Waals surface area contributed by atoms with Crippen molar-refractivity contribution in [3.8, 4) is 0 Å². The molecule has 1 aromatic rings. The maximum Gasteiger partial charge on any atom is 0.338 e. The molecule has 0 atom stereocenters. The Kier molecular flexibility index (Phi) is 3.25. The van der Waals surface area contributed by atoms with Gasteiger partial charge in [0.25, 0.3) is 0 Å². The standard InChI is InChI=1S/C9H5F2NO3/c10-7-2-6(9(14)15)8(11)1-5(7)3-12-4-13/h1-2H,3H2,(H,14,15). The van der Waals surface area contributed by atoms with Gasteiger partial charge in [0.15, 0.2) is 0 Å². The topological polar surface area (TPSA) is 66.7 Å². The minimum absolute atomic E-state index is 0.194. The van der Waals surface area contributed by atoms with Gasteiger partial charge in [-0.2, -0.15) is 0 Å². The number of aliphatic imine (C=N–C) groups is 1. The van der Waals surface area contributed by atoms with Gasteiger partial charge in [-0.05, 0) is 12.1 Å². The number of benzene rings is 1. The van der Waals surface area contributed by atoms with Crippen molar-refractivity contribution < 1.29 is 23.5 Å². The van der Waals surface area contributed by atoms with Crippen LogP contribution in [0.2, 0.25) is 0 Å². The molecule has 6 heteroatoms. The molecule has 4 nitrogen and oxygen atoms in total. The minimum Gasteiger partial charge on any atom is -0.478 e. The first-order valence-electron chi connectivity index (χ1n) is 3.81. The summed E-state index contributed by atoms with van der Waals surface area (Å²) < 4.78 is 26.1. The first-order valence-corrected chi connectivity index (χ1v) is 3.81. The first-order chi connectivity index (χ1) is 7.06. The number of isocyanates is 1. The lowest BCUT2D eigenvalue weighted by molar-refractivity contribution is 0.0691. The number of carboxylic acids is 1. The zero-order valence-corrected chi connectivity index (χ0v) is 7.33. The largest absolute Gasteiger partial charge is 0.478 e. The lowest BCUT2D eigenvalue weighted by Crippen LogP contribution is -2.03. The van der Waals surface area contributed by atoms with E-state index in [1.807, 2.05) is 0 Å². The van der Waals surface area contributed by atoms with E-state index in [0.29, 0.717) is 12.1 Å². The number of nitrogens with zero attached hydrogens (tertiary/aromatic N) is 1. The summed E-state index contributed by atoms with van der Waals surface area (Å²) in [5.74, 6) is -3.55. The van der Waals surface area contributed by atoms with E-state index in [0.717, 1.165) is 0 Å². The Labute approximate surface area is 82.9 Å². The Morgan fingerprint density at radius 3 is 2.60 bits per heavy atom. The van der Waals surface area contributed by atoms with Gasteiger partial charge >= 0.3 is 5.97 Å². The summed E-state index contributed by atoms with van der Waals surface area (Å²) in [6, 6.07) is 1.24. The molecule has 1 rings (SSSR count). The van der Waals surface area contributed by atoms with E-state index in [9.17, 15) is 18.4 Å². The van der Waals surface area contributed by atoms with Crippen molar-refractivity contribution in [1.82, 2.24) is 0 Å². The van der Waals surface area contributed by atoms with E-state index >= 15 is 0 Å². The molecule has 78 valence electrons. The van der Waals surface area contributed by atoms with E-state index < -0.39 is 23.2 Å². The van der Waals surface area contributed by atoms with Crippen LogP contribution in [0.5, 0.6) is 0 Å². The monoisotopic (exact) mass is 213 g/mol. The fraction of sp³-hybridized carbons (Fsp3) is 0.111. The van der Waals surface area contributed by atoms with Gasteiger partial charge in [0.2, 0.25) is 6.08 Å². The minimum atomic E-state index is -1.56. The molecule has 1 aromatic carbocycles. The summed E-state index contributed by atoms with van der Waals surface area (Å²) in [6.45, 7) is -0.369. The molecular formula is C9H5F2NO3. The van der Waals surface area contributed by atoms with Gasteiger partial charge in [-0.25, -0.2) is 23.4 Å². The molecule has 0 saturated carbocycles. The Bertz CT molecular complexity index is 453. The lowest BCUT2D eigenvalue weighted by atomic mass is 10.1. The third kappa shape index (κ3) is 2.45. The SMILES string of the molecule is O=C=NCc1cc(F)c(C(=O)O)cc1F. The fourth-order valence-electron chi connectivity index (χ4n) is 0.991. The van der Waals surface area contributed by atoms with Gasteiger partial charge in [-0.15, -0.1) is 0 Å². The lowest BCUT2D eigenvalue weighted by Gasteiger charge is -2.02. The predicted molar refractivity (Wildman–Crippen MR) is 45.1 cm³/mol. The van der Waals surface area contributed by atoms with Gasteiger partial charge < -0.3 is 5.11 Å². The predicted octanol–water partition coefficient (Wildman–Crippen LogP) is 1.50. The summed E-state index contributed by atoms with van der Waals surface area (Å²) in [6.07, 6.45) is 1.17. The maximum absolute atomic E-state index is 13.1. The second kappa shape index (κ2) is 4.43. The molecule has 0 saturated heterocycles. The third-order valence-corrected chi connectivity index (χ3v) is 1.68. The highest BCUT2D eigenvalue weighted by atomic mass is 19.1. The zero-order chi connectivity index (χ0) is 11.4. The van der Waals surface area contributed by atoms with Crippen molar-refractivity contribution in [2.45, 2.75) is 6.54 Å². The van der Waals surface area contributed by atoms with Crippen molar-refractivity contribution in [1.29, 1.82) is 0 Å². The fourth-order valence-corrected chi connectivity index (χ4v) is 0.991. The number of hydrogen-bond acceptors (Lipinski definition) is 3. The number of carbonyl (C=O) groups is 1. The molecule has 0 unspecified atom stereocenters. The third-order valence-electron chi connectivity index (χ3n) is 1.68. The Balaban J connectivity index is 3.18. The van der Waals surface area contributed by atoms with Crippen LogP contribution in [-0.4, -0.2) is 17.2 Å². The van der Waals surface area contributed by atoms with Crippen LogP contribution in [0.4, 0.5) is 8.78 Å². The van der Waals surface area contributed by atoms with Crippen LogP contribution in [0.15, 0.2) is 17.1 Å². The number of halogens is 2. The van der Waals surface area contributed by atoms with E-state index in [2.05, 4.69) is 4.99 Å². The molecule has 0 amide bonds. The Hall–Kier alpha value is -2.07. The highest BCUT2D eigenvalue weighted by Gasteiger charge is 2.14. The van der Waals surface area contributed by atoms with Crippen molar-refractivity contribution >= 4 is 12.0 Å². The van der Waals surface area contributed by atoms with Crippen LogP contribution in [-0.2, 0) is 11.3 Å². The summed E-state index contributed by atoms with van der Waals surface area (Å²) >= 11 is 0. The van der Waals surface area contributed by atoms with Gasteiger partial charge in [-0.1, -0.05) is 0 Å². The van der Waals surface area contributed by atoms with Crippen molar-refractivity contribution in [2.75, 3.05) is 0 Å². The van der Waals surface area contributed by atoms with E-state index in [1.165, 1.54) is 6.08 Å². The van der Waals surface area contributed by atoms with Crippen molar-refractivity contribution in [2.24, 2.45) is 4.99 Å². The highest BCUT2D eigenvalue weighted by Crippen LogP contribution is 2.15. The molecule has 0 aliphatic rings. The Morgan fingerprint density at radius 2 is 2.07 bits per heavy atom. The molecule has 0 aromatic heterocycles. The second-order valence-electron chi connectivity index (χ2n) is 2.64. The van der Waals surface area contributed by atoms with Gasteiger partial charge in [0.1, 0.15) is 11.6 Å². The van der Waals surface area contributed by atoms with E-state index in [1.54, 1.807) is 0 Å². The van der Waals surface area contributed by atoms with Crippen molar-refractivity contribution in [3.05, 3.63) is 34.9 Å². The molecule has 0 fully saturated rings. The molecule has 0 bridgehead atoms. The van der Waals surface area contributed by atoms with Crippen LogP contribution >= 0.6 is 0 Å². The summed E-state index contributed by atoms with van der Waals surface area (Å²) in [5.41, 5.74) is -0.952. The number of aromatic carboxylic acids is 1. The molecule has 0 aliphatic carbocycles. The molecular weight excluding hydrogens is 208 g/mol. The normalized spacial score (nSPS) is 9.47. The van der Waals surface area contributed by atoms with E-state index in [4.69, 9.17) is 5.11 Å². The summed E-state index contributed by atoms with van der Waals surface area (Å²) in [5, 5.41) is 8.46. The molecule has 15 heavy (non-hydrogen) atoms. The van der Waals surface area contributed by atoms with Crippen LogP contribution in [0, 0.1) is 11.6 Å². The summed E-state index contributed by atoms with van der Waals surface area (Å²) in [4.78, 5) is 23.2. The Morgan fingerprint density at radius 1 is 1.40 bits per heavy atom. The zero-order valence-electron chi connectivity index (χ0n) is 7.33. The first kappa shape index (κ1) is 11.0. The van der Waals surface area contributed by atoms with Crippen molar-refractivity contribution in [3.63, 3.8) is 0 Å². The molecule has 0 spiro atoms. The van der Waals surface area contributed by atoms with Crippen LogP contribution < -0.4 is 0 Å². The quantitative estimate of drug-likeness (QED) is 0.611. The van der Waals surface area contributed by atoms with Gasteiger partial charge in [0, 0.05) is 5.56 Å². The average molecular weight is 213 g/mol.